The van der Waals surface area contributed by atoms with Crippen molar-refractivity contribution in [3.63, 3.8) is 0 Å². The van der Waals surface area contributed by atoms with E-state index in [4.69, 9.17) is 4.74 Å². The van der Waals surface area contributed by atoms with Gasteiger partial charge in [0.15, 0.2) is 5.96 Å². The maximum Gasteiger partial charge on any atom is 0.222 e. The highest BCUT2D eigenvalue weighted by Gasteiger charge is 2.26. The third kappa shape index (κ3) is 8.40. The first-order valence-corrected chi connectivity index (χ1v) is 10.3. The van der Waals surface area contributed by atoms with Crippen molar-refractivity contribution in [2.75, 3.05) is 20.1 Å². The Labute approximate surface area is 192 Å². The molecule has 1 aliphatic heterocycles. The third-order valence-electron chi connectivity index (χ3n) is 4.85. The molecule has 2 N–H and O–H groups in total. The molecule has 0 aliphatic carbocycles. The summed E-state index contributed by atoms with van der Waals surface area (Å²) >= 11 is 0. The lowest BCUT2D eigenvalue weighted by Gasteiger charge is -2.27. The Morgan fingerprint density at radius 3 is 2.59 bits per heavy atom. The van der Waals surface area contributed by atoms with Crippen LogP contribution in [0.25, 0.3) is 0 Å². The molecule has 0 aromatic heterocycles. The highest BCUT2D eigenvalue weighted by atomic mass is 127. The second kappa shape index (κ2) is 12.2. The molecule has 1 amide bonds. The van der Waals surface area contributed by atoms with Crippen LogP contribution in [0, 0.1) is 0 Å². The SMILES string of the molecule is CCC(CCNC(=NC)NCc1ccccc1OC(C)(C)C)N1CCCC1=O.I. The van der Waals surface area contributed by atoms with Crippen LogP contribution < -0.4 is 15.4 Å². The Kier molecular flexibility index (Phi) is 10.8. The number of ether oxygens (including phenoxy) is 1. The minimum absolute atomic E-state index is 0. The average Bonchev–Trinajstić information content (AvgIpc) is 3.07. The molecule has 29 heavy (non-hydrogen) atoms. The summed E-state index contributed by atoms with van der Waals surface area (Å²) in [6.45, 7) is 10.6. The zero-order valence-corrected chi connectivity index (χ0v) is 20.8. The second-order valence-electron chi connectivity index (χ2n) is 8.22. The zero-order valence-electron chi connectivity index (χ0n) is 18.5. The quantitative estimate of drug-likeness (QED) is 0.312. The van der Waals surface area contributed by atoms with E-state index >= 15 is 0 Å². The Morgan fingerprint density at radius 1 is 1.28 bits per heavy atom. The number of nitrogens with one attached hydrogen (secondary N) is 2. The number of aliphatic imine (C=N–C) groups is 1. The van der Waals surface area contributed by atoms with E-state index in [-0.39, 0.29) is 29.6 Å². The van der Waals surface area contributed by atoms with Crippen LogP contribution in [0.15, 0.2) is 29.3 Å². The van der Waals surface area contributed by atoms with Gasteiger partial charge < -0.3 is 20.3 Å². The van der Waals surface area contributed by atoms with E-state index in [9.17, 15) is 4.79 Å². The van der Waals surface area contributed by atoms with Gasteiger partial charge in [-0.2, -0.15) is 0 Å². The highest BCUT2D eigenvalue weighted by Crippen LogP contribution is 2.23. The normalized spacial score (nSPS) is 15.7. The van der Waals surface area contributed by atoms with E-state index in [1.165, 1.54) is 0 Å². The lowest BCUT2D eigenvalue weighted by Crippen LogP contribution is -2.41. The van der Waals surface area contributed by atoms with E-state index in [0.717, 1.165) is 49.6 Å². The predicted molar refractivity (Wildman–Crippen MR) is 130 cm³/mol. The van der Waals surface area contributed by atoms with E-state index in [1.54, 1.807) is 7.05 Å². The van der Waals surface area contributed by atoms with Crippen molar-refractivity contribution in [2.45, 2.75) is 71.6 Å². The van der Waals surface area contributed by atoms with Gasteiger partial charge in [-0.3, -0.25) is 9.79 Å². The molecule has 0 saturated carbocycles. The minimum atomic E-state index is -0.238. The number of benzene rings is 1. The van der Waals surface area contributed by atoms with Crippen LogP contribution in [-0.2, 0) is 11.3 Å². The first-order chi connectivity index (χ1) is 13.3. The predicted octanol–water partition coefficient (Wildman–Crippen LogP) is 3.94. The number of hydrogen-bond acceptors (Lipinski definition) is 3. The molecule has 7 heteroatoms. The van der Waals surface area contributed by atoms with Crippen molar-refractivity contribution in [1.29, 1.82) is 0 Å². The molecule has 1 atom stereocenters. The Morgan fingerprint density at radius 2 is 2.00 bits per heavy atom. The molecule has 1 unspecified atom stereocenters. The second-order valence-corrected chi connectivity index (χ2v) is 8.22. The Balaban J connectivity index is 0.00000420. The van der Waals surface area contributed by atoms with Crippen molar-refractivity contribution in [3.8, 4) is 5.75 Å². The maximum atomic E-state index is 12.0. The summed E-state index contributed by atoms with van der Waals surface area (Å²) in [6, 6.07) is 8.37. The molecule has 1 heterocycles. The maximum absolute atomic E-state index is 12.0. The van der Waals surface area contributed by atoms with Crippen LogP contribution in [0.4, 0.5) is 0 Å². The van der Waals surface area contributed by atoms with Crippen molar-refractivity contribution >= 4 is 35.8 Å². The van der Waals surface area contributed by atoms with Gasteiger partial charge in [0.25, 0.3) is 0 Å². The van der Waals surface area contributed by atoms with E-state index in [2.05, 4.69) is 28.6 Å². The largest absolute Gasteiger partial charge is 0.488 e. The van der Waals surface area contributed by atoms with Gasteiger partial charge in [0.2, 0.25) is 5.91 Å². The summed E-state index contributed by atoms with van der Waals surface area (Å²) in [6.07, 6.45) is 3.59. The average molecular weight is 516 g/mol. The molecule has 0 bridgehead atoms. The molecule has 1 saturated heterocycles. The van der Waals surface area contributed by atoms with Gasteiger partial charge in [-0.05, 0) is 46.1 Å². The van der Waals surface area contributed by atoms with E-state index in [1.807, 2.05) is 43.9 Å². The summed E-state index contributed by atoms with van der Waals surface area (Å²) in [5.41, 5.74) is 0.854. The molecule has 164 valence electrons. The number of carbonyl (C=O) groups excluding carboxylic acids is 1. The van der Waals surface area contributed by atoms with Crippen molar-refractivity contribution < 1.29 is 9.53 Å². The number of rotatable bonds is 8. The number of likely N-dealkylation sites (tertiary alicyclic amines) is 1. The van der Waals surface area contributed by atoms with Gasteiger partial charge in [0, 0.05) is 44.7 Å². The van der Waals surface area contributed by atoms with Crippen molar-refractivity contribution in [1.82, 2.24) is 15.5 Å². The zero-order chi connectivity index (χ0) is 20.6. The van der Waals surface area contributed by atoms with Crippen LogP contribution in [0.1, 0.15) is 58.9 Å². The van der Waals surface area contributed by atoms with Gasteiger partial charge in [0.1, 0.15) is 11.4 Å². The Bertz CT molecular complexity index is 673. The number of amides is 1. The molecule has 6 nitrogen and oxygen atoms in total. The van der Waals surface area contributed by atoms with Crippen LogP contribution >= 0.6 is 24.0 Å². The van der Waals surface area contributed by atoms with Gasteiger partial charge in [0.05, 0.1) is 0 Å². The van der Waals surface area contributed by atoms with Crippen LogP contribution in [0.2, 0.25) is 0 Å². The molecule has 0 spiro atoms. The molecule has 1 aromatic rings. The summed E-state index contributed by atoms with van der Waals surface area (Å²) in [7, 11) is 1.77. The molecular weight excluding hydrogens is 479 g/mol. The van der Waals surface area contributed by atoms with Crippen LogP contribution in [0.5, 0.6) is 5.75 Å². The summed E-state index contributed by atoms with van der Waals surface area (Å²) < 4.78 is 6.06. The summed E-state index contributed by atoms with van der Waals surface area (Å²) in [5, 5.41) is 6.73. The van der Waals surface area contributed by atoms with Gasteiger partial charge >= 0.3 is 0 Å². The third-order valence-corrected chi connectivity index (χ3v) is 4.85. The van der Waals surface area contributed by atoms with Crippen LogP contribution in [-0.4, -0.2) is 48.5 Å². The molecule has 2 rings (SSSR count). The molecule has 1 fully saturated rings. The van der Waals surface area contributed by atoms with Crippen molar-refractivity contribution in [2.24, 2.45) is 4.99 Å². The van der Waals surface area contributed by atoms with Gasteiger partial charge in [-0.1, -0.05) is 25.1 Å². The summed E-state index contributed by atoms with van der Waals surface area (Å²) in [4.78, 5) is 18.3. The highest BCUT2D eigenvalue weighted by molar-refractivity contribution is 14.0. The molecular formula is C22H37IN4O2. The topological polar surface area (TPSA) is 66.0 Å². The van der Waals surface area contributed by atoms with E-state index in [0.29, 0.717) is 24.9 Å². The molecule has 1 aromatic carbocycles. The molecule has 1 aliphatic rings. The lowest BCUT2D eigenvalue weighted by atomic mass is 10.1. The number of halogens is 1. The first kappa shape index (κ1) is 25.5. The number of carbonyl (C=O) groups is 1. The smallest absolute Gasteiger partial charge is 0.222 e. The van der Waals surface area contributed by atoms with Crippen LogP contribution in [0.3, 0.4) is 0 Å². The first-order valence-electron chi connectivity index (χ1n) is 10.3. The van der Waals surface area contributed by atoms with Gasteiger partial charge in [-0.25, -0.2) is 0 Å². The number of hydrogen-bond donors (Lipinski definition) is 2. The van der Waals surface area contributed by atoms with Crippen molar-refractivity contribution in [3.05, 3.63) is 29.8 Å². The monoisotopic (exact) mass is 516 g/mol. The van der Waals surface area contributed by atoms with Gasteiger partial charge in [-0.15, -0.1) is 24.0 Å². The van der Waals surface area contributed by atoms with E-state index < -0.39 is 0 Å². The summed E-state index contributed by atoms with van der Waals surface area (Å²) in [5.74, 6) is 1.94. The fourth-order valence-electron chi connectivity index (χ4n) is 3.47. The number of nitrogens with zero attached hydrogens (tertiary/aromatic N) is 2. The molecule has 0 radical (unpaired) electrons. The fraction of sp³-hybridized carbons (Fsp3) is 0.636. The number of guanidine groups is 1. The Hall–Kier alpha value is -1.51. The minimum Gasteiger partial charge on any atom is -0.488 e. The standard InChI is InChI=1S/C22H36N4O2.HI/c1-6-18(26-15-9-12-20(26)27)13-14-24-21(23-5)25-16-17-10-7-8-11-19(17)28-22(2,3)4;/h7-8,10-11,18H,6,9,12-16H2,1-5H3,(H2,23,24,25);1H. The number of para-hydroxylation sites is 1. The lowest BCUT2D eigenvalue weighted by molar-refractivity contribution is -0.129. The fourth-order valence-corrected chi connectivity index (χ4v) is 3.47.